The SMILES string of the molecule is NC(=O)c1cc(NC2COC2)ccc1Cl. The van der Waals surface area contributed by atoms with E-state index in [0.29, 0.717) is 29.8 Å². The van der Waals surface area contributed by atoms with Gasteiger partial charge in [0, 0.05) is 5.69 Å². The normalized spacial score (nSPS) is 15.8. The van der Waals surface area contributed by atoms with Gasteiger partial charge in [0.05, 0.1) is 29.8 Å². The Morgan fingerprint density at radius 2 is 2.27 bits per heavy atom. The summed E-state index contributed by atoms with van der Waals surface area (Å²) in [6.45, 7) is 1.38. The zero-order chi connectivity index (χ0) is 10.8. The van der Waals surface area contributed by atoms with Gasteiger partial charge >= 0.3 is 0 Å². The number of amides is 1. The number of anilines is 1. The Labute approximate surface area is 92.4 Å². The maximum atomic E-state index is 11.0. The predicted octanol–water partition coefficient (Wildman–Crippen LogP) is 1.25. The molecule has 0 spiro atoms. The second-order valence-corrected chi connectivity index (χ2v) is 3.84. The van der Waals surface area contributed by atoms with Crippen LogP contribution < -0.4 is 11.1 Å². The third kappa shape index (κ3) is 2.22. The Hall–Kier alpha value is -1.26. The molecule has 1 saturated heterocycles. The largest absolute Gasteiger partial charge is 0.378 e. The lowest BCUT2D eigenvalue weighted by atomic mass is 10.1. The Balaban J connectivity index is 2.17. The molecule has 2 rings (SSSR count). The van der Waals surface area contributed by atoms with Crippen LogP contribution in [0.25, 0.3) is 0 Å². The number of nitrogens with two attached hydrogens (primary N) is 1. The van der Waals surface area contributed by atoms with E-state index in [9.17, 15) is 4.79 Å². The Morgan fingerprint density at radius 3 is 2.80 bits per heavy atom. The molecule has 0 unspecified atom stereocenters. The zero-order valence-corrected chi connectivity index (χ0v) is 8.75. The minimum atomic E-state index is -0.520. The van der Waals surface area contributed by atoms with E-state index in [0.717, 1.165) is 5.69 Å². The van der Waals surface area contributed by atoms with E-state index in [-0.39, 0.29) is 0 Å². The van der Waals surface area contributed by atoms with Gasteiger partial charge in [-0.2, -0.15) is 0 Å². The van der Waals surface area contributed by atoms with E-state index in [4.69, 9.17) is 22.1 Å². The van der Waals surface area contributed by atoms with Crippen molar-refractivity contribution >= 4 is 23.2 Å². The van der Waals surface area contributed by atoms with Crippen LogP contribution in [0.15, 0.2) is 18.2 Å². The molecule has 0 saturated carbocycles. The summed E-state index contributed by atoms with van der Waals surface area (Å²) in [7, 11) is 0. The summed E-state index contributed by atoms with van der Waals surface area (Å²) in [5.41, 5.74) is 6.35. The van der Waals surface area contributed by atoms with E-state index in [2.05, 4.69) is 5.32 Å². The maximum absolute atomic E-state index is 11.0. The Morgan fingerprint density at radius 1 is 1.53 bits per heavy atom. The third-order valence-electron chi connectivity index (χ3n) is 2.24. The monoisotopic (exact) mass is 226 g/mol. The summed E-state index contributed by atoms with van der Waals surface area (Å²) >= 11 is 5.82. The van der Waals surface area contributed by atoms with Crippen molar-refractivity contribution in [3.63, 3.8) is 0 Å². The number of hydrogen-bond donors (Lipinski definition) is 2. The molecule has 4 nitrogen and oxygen atoms in total. The van der Waals surface area contributed by atoms with E-state index >= 15 is 0 Å². The molecule has 1 aliphatic rings. The highest BCUT2D eigenvalue weighted by Crippen LogP contribution is 2.21. The highest BCUT2D eigenvalue weighted by molar-refractivity contribution is 6.33. The number of primary amides is 1. The van der Waals surface area contributed by atoms with Crippen molar-refractivity contribution in [3.8, 4) is 0 Å². The summed E-state index contributed by atoms with van der Waals surface area (Å²) in [4.78, 5) is 11.0. The smallest absolute Gasteiger partial charge is 0.250 e. The topological polar surface area (TPSA) is 64.4 Å². The molecule has 5 heteroatoms. The number of ether oxygens (including phenoxy) is 1. The van der Waals surface area contributed by atoms with Crippen LogP contribution in [0.4, 0.5) is 5.69 Å². The molecular formula is C10H11ClN2O2. The van der Waals surface area contributed by atoms with Gasteiger partial charge in [-0.1, -0.05) is 11.6 Å². The second kappa shape index (κ2) is 4.08. The zero-order valence-electron chi connectivity index (χ0n) is 8.00. The first kappa shape index (κ1) is 10.3. The van der Waals surface area contributed by atoms with Crippen LogP contribution in [-0.2, 0) is 4.74 Å². The first-order chi connectivity index (χ1) is 7.16. The van der Waals surface area contributed by atoms with Crippen molar-refractivity contribution in [1.29, 1.82) is 0 Å². The molecule has 1 aromatic carbocycles. The fourth-order valence-electron chi connectivity index (χ4n) is 1.36. The van der Waals surface area contributed by atoms with Crippen LogP contribution in [0.2, 0.25) is 5.02 Å². The van der Waals surface area contributed by atoms with Crippen LogP contribution in [0.5, 0.6) is 0 Å². The molecule has 3 N–H and O–H groups in total. The van der Waals surface area contributed by atoms with Crippen LogP contribution >= 0.6 is 11.6 Å². The number of hydrogen-bond acceptors (Lipinski definition) is 3. The molecule has 1 amide bonds. The number of benzene rings is 1. The van der Waals surface area contributed by atoms with Gasteiger partial charge < -0.3 is 15.8 Å². The van der Waals surface area contributed by atoms with Gasteiger partial charge in [-0.3, -0.25) is 4.79 Å². The predicted molar refractivity (Wildman–Crippen MR) is 58.2 cm³/mol. The summed E-state index contributed by atoms with van der Waals surface area (Å²) < 4.78 is 5.03. The number of carbonyl (C=O) groups excluding carboxylic acids is 1. The molecule has 0 atom stereocenters. The number of halogens is 1. The molecule has 0 bridgehead atoms. The summed E-state index contributed by atoms with van der Waals surface area (Å²) in [5.74, 6) is -0.520. The maximum Gasteiger partial charge on any atom is 0.250 e. The lowest BCUT2D eigenvalue weighted by Gasteiger charge is -2.28. The molecule has 1 aliphatic heterocycles. The van der Waals surface area contributed by atoms with Gasteiger partial charge in [-0.25, -0.2) is 0 Å². The van der Waals surface area contributed by atoms with Gasteiger partial charge in [0.1, 0.15) is 0 Å². The van der Waals surface area contributed by atoms with E-state index in [1.807, 2.05) is 6.07 Å². The van der Waals surface area contributed by atoms with Gasteiger partial charge in [0.15, 0.2) is 0 Å². The van der Waals surface area contributed by atoms with E-state index < -0.39 is 5.91 Å². The molecular weight excluding hydrogens is 216 g/mol. The molecule has 1 heterocycles. The summed E-state index contributed by atoms with van der Waals surface area (Å²) in [6.07, 6.45) is 0. The minimum Gasteiger partial charge on any atom is -0.378 e. The molecule has 80 valence electrons. The van der Waals surface area contributed by atoms with E-state index in [1.54, 1.807) is 12.1 Å². The lowest BCUT2D eigenvalue weighted by Crippen LogP contribution is -2.40. The van der Waals surface area contributed by atoms with Crippen LogP contribution in [0.3, 0.4) is 0 Å². The lowest BCUT2D eigenvalue weighted by molar-refractivity contribution is 0.0211. The molecule has 1 aromatic rings. The second-order valence-electron chi connectivity index (χ2n) is 3.44. The highest BCUT2D eigenvalue weighted by Gasteiger charge is 2.18. The Bertz CT molecular complexity index is 391. The number of rotatable bonds is 3. The highest BCUT2D eigenvalue weighted by atomic mass is 35.5. The average molecular weight is 227 g/mol. The first-order valence-corrected chi connectivity index (χ1v) is 4.98. The standard InChI is InChI=1S/C10H11ClN2O2/c11-9-2-1-6(3-8(9)10(12)14)13-7-4-15-5-7/h1-3,7,13H,4-5H2,(H2,12,14). The number of nitrogens with one attached hydrogen (secondary N) is 1. The van der Waals surface area contributed by atoms with Crippen molar-refractivity contribution in [2.24, 2.45) is 5.73 Å². The van der Waals surface area contributed by atoms with Crippen LogP contribution in [0, 0.1) is 0 Å². The van der Waals surface area contributed by atoms with Crippen molar-refractivity contribution in [3.05, 3.63) is 28.8 Å². The van der Waals surface area contributed by atoms with E-state index in [1.165, 1.54) is 0 Å². The third-order valence-corrected chi connectivity index (χ3v) is 2.57. The molecule has 0 radical (unpaired) electrons. The quantitative estimate of drug-likeness (QED) is 0.815. The van der Waals surface area contributed by atoms with Crippen molar-refractivity contribution < 1.29 is 9.53 Å². The number of carbonyl (C=O) groups is 1. The molecule has 0 aliphatic carbocycles. The summed E-state index contributed by atoms with van der Waals surface area (Å²) in [5, 5.41) is 3.58. The van der Waals surface area contributed by atoms with Gasteiger partial charge in [-0.05, 0) is 18.2 Å². The first-order valence-electron chi connectivity index (χ1n) is 4.60. The molecule has 1 fully saturated rings. The van der Waals surface area contributed by atoms with Gasteiger partial charge in [-0.15, -0.1) is 0 Å². The van der Waals surface area contributed by atoms with Crippen molar-refractivity contribution in [2.75, 3.05) is 18.5 Å². The summed E-state index contributed by atoms with van der Waals surface area (Å²) in [6, 6.07) is 5.44. The van der Waals surface area contributed by atoms with Gasteiger partial charge in [0.2, 0.25) is 5.91 Å². The van der Waals surface area contributed by atoms with Crippen molar-refractivity contribution in [2.45, 2.75) is 6.04 Å². The van der Waals surface area contributed by atoms with Crippen LogP contribution in [-0.4, -0.2) is 25.2 Å². The van der Waals surface area contributed by atoms with Gasteiger partial charge in [0.25, 0.3) is 0 Å². The van der Waals surface area contributed by atoms with Crippen molar-refractivity contribution in [1.82, 2.24) is 0 Å². The fourth-order valence-corrected chi connectivity index (χ4v) is 1.57. The molecule has 15 heavy (non-hydrogen) atoms. The fraction of sp³-hybridized carbons (Fsp3) is 0.300. The minimum absolute atomic E-state index is 0.312. The Kier molecular flexibility index (Phi) is 2.79. The molecule has 0 aromatic heterocycles. The average Bonchev–Trinajstić information content (AvgIpc) is 2.13. The van der Waals surface area contributed by atoms with Crippen LogP contribution in [0.1, 0.15) is 10.4 Å².